The first-order chi connectivity index (χ1) is 10.0. The quantitative estimate of drug-likeness (QED) is 0.497. The Hall–Kier alpha value is -1.74. The number of para-hydroxylation sites is 1. The summed E-state index contributed by atoms with van der Waals surface area (Å²) in [6.07, 6.45) is -4.27. The molecule has 1 fully saturated rings. The summed E-state index contributed by atoms with van der Waals surface area (Å²) in [6.45, 7) is -0.373. The van der Waals surface area contributed by atoms with Crippen molar-refractivity contribution in [3.63, 3.8) is 0 Å². The van der Waals surface area contributed by atoms with E-state index in [1.54, 1.807) is 29.2 Å². The third kappa shape index (κ3) is 2.16. The molecule has 1 aromatic rings. The molecule has 0 spiro atoms. The van der Waals surface area contributed by atoms with Crippen molar-refractivity contribution in [3.8, 4) is 0 Å². The van der Waals surface area contributed by atoms with Crippen molar-refractivity contribution < 1.29 is 25.0 Å². The first kappa shape index (κ1) is 14.2. The zero-order chi connectivity index (χ0) is 15.1. The predicted octanol–water partition coefficient (Wildman–Crippen LogP) is -0.737. The van der Waals surface area contributed by atoms with Gasteiger partial charge < -0.3 is 25.0 Å². The van der Waals surface area contributed by atoms with Gasteiger partial charge in [0.1, 0.15) is 18.3 Å². The van der Waals surface area contributed by atoms with Gasteiger partial charge in [0.15, 0.2) is 6.23 Å². The Bertz CT molecular complexity index is 553. The lowest BCUT2D eigenvalue weighted by Crippen LogP contribution is -2.44. The third-order valence-electron chi connectivity index (χ3n) is 4.05. The number of fused-ring (bicyclic) bond motifs is 1. The average Bonchev–Trinajstić information content (AvgIpc) is 2.99. The smallest absolute Gasteiger partial charge is 0.257 e. The minimum absolute atomic E-state index is 0.0545. The Balaban J connectivity index is 1.92. The Morgan fingerprint density at radius 2 is 2.05 bits per heavy atom. The summed E-state index contributed by atoms with van der Waals surface area (Å²) >= 11 is 0. The molecule has 5 atom stereocenters. The Kier molecular flexibility index (Phi) is 3.54. The molecule has 1 unspecified atom stereocenters. The average molecular weight is 296 g/mol. The van der Waals surface area contributed by atoms with Crippen molar-refractivity contribution in [1.82, 2.24) is 0 Å². The van der Waals surface area contributed by atoms with Crippen LogP contribution in [0.25, 0.3) is 0 Å². The number of anilines is 1. The highest BCUT2D eigenvalue weighted by Crippen LogP contribution is 2.40. The van der Waals surface area contributed by atoms with Crippen LogP contribution in [-0.4, -0.2) is 57.9 Å². The third-order valence-corrected chi connectivity index (χ3v) is 4.05. The zero-order valence-corrected chi connectivity index (χ0v) is 11.1. The number of nitro groups is 1. The van der Waals surface area contributed by atoms with E-state index in [-0.39, 0.29) is 11.5 Å². The summed E-state index contributed by atoms with van der Waals surface area (Å²) < 4.78 is 5.46. The standard InChI is InChI=1S/C13H16N2O6/c16-6-10-11(17)12(18)13(21-10)14-5-9(15(19)20)7-3-1-2-4-8(7)14/h1-4,9-13,16-18H,5-6H2/t9?,10-,11-,12-,13-/m1/s1. The van der Waals surface area contributed by atoms with Crippen LogP contribution in [0, 0.1) is 10.1 Å². The van der Waals surface area contributed by atoms with Crippen LogP contribution in [0.15, 0.2) is 24.3 Å². The van der Waals surface area contributed by atoms with Crippen molar-refractivity contribution >= 4 is 5.69 Å². The van der Waals surface area contributed by atoms with Gasteiger partial charge in [-0.3, -0.25) is 10.1 Å². The van der Waals surface area contributed by atoms with E-state index in [1.807, 2.05) is 0 Å². The minimum Gasteiger partial charge on any atom is -0.394 e. The molecule has 8 heteroatoms. The summed E-state index contributed by atoms with van der Waals surface area (Å²) in [5, 5.41) is 40.2. The SMILES string of the molecule is O=[N+]([O-])C1CN([C@@H]2O[C@H](CO)[C@@H](O)[C@H]2O)c2ccccc21. The highest BCUT2D eigenvalue weighted by atomic mass is 16.6. The van der Waals surface area contributed by atoms with Gasteiger partial charge in [-0.2, -0.15) is 0 Å². The molecule has 2 aliphatic rings. The van der Waals surface area contributed by atoms with E-state index in [0.29, 0.717) is 11.3 Å². The van der Waals surface area contributed by atoms with Crippen molar-refractivity contribution in [2.75, 3.05) is 18.1 Å². The number of benzene rings is 1. The van der Waals surface area contributed by atoms with Gasteiger partial charge in [0, 0.05) is 10.6 Å². The second-order valence-corrected chi connectivity index (χ2v) is 5.24. The molecular formula is C13H16N2O6. The molecule has 0 aromatic heterocycles. The van der Waals surface area contributed by atoms with Gasteiger partial charge in [0.05, 0.1) is 18.7 Å². The second-order valence-electron chi connectivity index (χ2n) is 5.24. The van der Waals surface area contributed by atoms with E-state index in [9.17, 15) is 20.3 Å². The molecule has 2 aliphatic heterocycles. The maximum Gasteiger partial charge on any atom is 0.257 e. The van der Waals surface area contributed by atoms with E-state index < -0.39 is 37.2 Å². The van der Waals surface area contributed by atoms with Gasteiger partial charge in [-0.05, 0) is 6.07 Å². The number of ether oxygens (including phenoxy) is 1. The van der Waals surface area contributed by atoms with Gasteiger partial charge in [-0.25, -0.2) is 0 Å². The topological polar surface area (TPSA) is 116 Å². The first-order valence-electron chi connectivity index (χ1n) is 6.66. The molecule has 21 heavy (non-hydrogen) atoms. The highest BCUT2D eigenvalue weighted by Gasteiger charge is 2.49. The van der Waals surface area contributed by atoms with E-state index >= 15 is 0 Å². The molecule has 3 rings (SSSR count). The lowest BCUT2D eigenvalue weighted by Gasteiger charge is -2.28. The number of hydrogen-bond donors (Lipinski definition) is 3. The highest BCUT2D eigenvalue weighted by molar-refractivity contribution is 5.60. The molecule has 1 saturated heterocycles. The Labute approximate surface area is 120 Å². The number of aliphatic hydroxyl groups excluding tert-OH is 3. The summed E-state index contributed by atoms with van der Waals surface area (Å²) in [6, 6.07) is 5.95. The van der Waals surface area contributed by atoms with E-state index in [0.717, 1.165) is 0 Å². The molecule has 1 aromatic carbocycles. The summed E-state index contributed by atoms with van der Waals surface area (Å²) in [4.78, 5) is 12.4. The van der Waals surface area contributed by atoms with Crippen molar-refractivity contribution in [2.24, 2.45) is 0 Å². The first-order valence-corrected chi connectivity index (χ1v) is 6.66. The molecule has 3 N–H and O–H groups in total. The maximum absolute atomic E-state index is 11.2. The fourth-order valence-electron chi connectivity index (χ4n) is 2.97. The summed E-state index contributed by atoms with van der Waals surface area (Å²) in [5.41, 5.74) is 1.16. The van der Waals surface area contributed by atoms with Crippen LogP contribution in [0.3, 0.4) is 0 Å². The van der Waals surface area contributed by atoms with Crippen LogP contribution in [0.2, 0.25) is 0 Å². The maximum atomic E-state index is 11.2. The lowest BCUT2D eigenvalue weighted by molar-refractivity contribution is -0.524. The Morgan fingerprint density at radius 1 is 1.33 bits per heavy atom. The van der Waals surface area contributed by atoms with Gasteiger partial charge in [0.25, 0.3) is 6.04 Å². The monoisotopic (exact) mass is 296 g/mol. The van der Waals surface area contributed by atoms with Gasteiger partial charge >= 0.3 is 0 Å². The zero-order valence-electron chi connectivity index (χ0n) is 11.1. The van der Waals surface area contributed by atoms with Crippen LogP contribution >= 0.6 is 0 Å². The molecule has 0 aliphatic carbocycles. The molecular weight excluding hydrogens is 280 g/mol. The van der Waals surface area contributed by atoms with Gasteiger partial charge in [-0.1, -0.05) is 18.2 Å². The van der Waals surface area contributed by atoms with E-state index in [4.69, 9.17) is 9.84 Å². The van der Waals surface area contributed by atoms with Crippen molar-refractivity contribution in [2.45, 2.75) is 30.6 Å². The van der Waals surface area contributed by atoms with Crippen LogP contribution in [0.1, 0.15) is 11.6 Å². The van der Waals surface area contributed by atoms with Crippen LogP contribution < -0.4 is 4.90 Å². The van der Waals surface area contributed by atoms with Crippen LogP contribution in [0.5, 0.6) is 0 Å². The lowest BCUT2D eigenvalue weighted by atomic mass is 10.1. The number of hydrogen-bond acceptors (Lipinski definition) is 7. The predicted molar refractivity (Wildman–Crippen MR) is 71.3 cm³/mol. The minimum atomic E-state index is -1.24. The Morgan fingerprint density at radius 3 is 2.67 bits per heavy atom. The fraction of sp³-hybridized carbons (Fsp3) is 0.538. The van der Waals surface area contributed by atoms with E-state index in [2.05, 4.69) is 0 Å². The number of nitrogens with zero attached hydrogens (tertiary/aromatic N) is 2. The van der Waals surface area contributed by atoms with Crippen molar-refractivity contribution in [3.05, 3.63) is 39.9 Å². The van der Waals surface area contributed by atoms with Crippen LogP contribution in [-0.2, 0) is 4.74 Å². The van der Waals surface area contributed by atoms with Gasteiger partial charge in [0.2, 0.25) is 0 Å². The molecule has 0 radical (unpaired) electrons. The normalized spacial score (nSPS) is 35.0. The fourth-order valence-corrected chi connectivity index (χ4v) is 2.97. The summed E-state index contributed by atoms with van der Waals surface area (Å²) in [5.74, 6) is 0. The molecule has 0 saturated carbocycles. The molecule has 8 nitrogen and oxygen atoms in total. The number of aliphatic hydroxyl groups is 3. The van der Waals surface area contributed by atoms with Crippen LogP contribution in [0.4, 0.5) is 5.69 Å². The largest absolute Gasteiger partial charge is 0.394 e. The van der Waals surface area contributed by atoms with Crippen molar-refractivity contribution in [1.29, 1.82) is 0 Å². The number of rotatable bonds is 3. The molecule has 0 amide bonds. The van der Waals surface area contributed by atoms with Gasteiger partial charge in [-0.15, -0.1) is 0 Å². The molecule has 114 valence electrons. The van der Waals surface area contributed by atoms with E-state index in [1.165, 1.54) is 0 Å². The molecule has 2 heterocycles. The molecule has 0 bridgehead atoms. The second kappa shape index (κ2) is 5.23. The summed E-state index contributed by atoms with van der Waals surface area (Å²) in [7, 11) is 0.